The van der Waals surface area contributed by atoms with Crippen LogP contribution in [0.25, 0.3) is 0 Å². The molecular formula is C34H53N7O7S2. The lowest BCUT2D eigenvalue weighted by atomic mass is 9.88. The van der Waals surface area contributed by atoms with Gasteiger partial charge in [-0.1, -0.05) is 32.9 Å². The van der Waals surface area contributed by atoms with E-state index in [1.165, 1.54) is 12.1 Å². The van der Waals surface area contributed by atoms with Gasteiger partial charge in [0.05, 0.1) is 22.9 Å². The van der Waals surface area contributed by atoms with Crippen molar-refractivity contribution in [1.82, 2.24) is 36.6 Å². The average molecular weight is 736 g/mol. The van der Waals surface area contributed by atoms with Crippen LogP contribution in [0, 0.1) is 5.41 Å². The molecule has 0 bridgehead atoms. The molecule has 3 amide bonds. The molecule has 0 aliphatic heterocycles. The van der Waals surface area contributed by atoms with Gasteiger partial charge in [-0.2, -0.15) is 25.3 Å². The molecule has 0 spiro atoms. The number of carbonyl (C=O) groups excluding carboxylic acids is 3. The third kappa shape index (κ3) is 20.7. The standard InChI is InChI=1S/C21H28N4O4.C13H25N3O3S2/c1-21(2,3)10-16(23-13-15-7-5-9-18(25-15)20(28)29)12-22-11-14-6-4-8-17(24-14)19(26)27;1-13(2,3)16-10(17)5-4-9(15-12(19)8-21)6-14-11(18)7-20/h4-9,16,22-23H,10-13H2,1-3H3,(H,26,27)(H,28,29);9,20-21H,4-8H2,1-3H3,(H,14,18)(H,15,19)(H,16,17). The molecule has 0 fully saturated rings. The van der Waals surface area contributed by atoms with Crippen LogP contribution in [-0.4, -0.2) is 92.1 Å². The number of carbonyl (C=O) groups is 5. The molecule has 0 radical (unpaired) electrons. The van der Waals surface area contributed by atoms with Crippen molar-refractivity contribution in [3.05, 3.63) is 59.2 Å². The smallest absolute Gasteiger partial charge is 0.354 e. The third-order valence-electron chi connectivity index (χ3n) is 6.61. The fourth-order valence-corrected chi connectivity index (χ4v) is 4.75. The number of thiol groups is 2. The number of nitrogens with one attached hydrogen (secondary N) is 5. The summed E-state index contributed by atoms with van der Waals surface area (Å²) in [5, 5.41) is 33.1. The van der Waals surface area contributed by atoms with Crippen LogP contribution < -0.4 is 26.6 Å². The number of nitrogens with zero attached hydrogens (tertiary/aromatic N) is 2. The Bertz CT molecular complexity index is 1410. The third-order valence-corrected chi connectivity index (χ3v) is 7.19. The van der Waals surface area contributed by atoms with Crippen molar-refractivity contribution in [3.63, 3.8) is 0 Å². The molecule has 2 unspecified atom stereocenters. The van der Waals surface area contributed by atoms with Gasteiger partial charge in [-0.3, -0.25) is 14.4 Å². The van der Waals surface area contributed by atoms with Crippen LogP contribution in [0.5, 0.6) is 0 Å². The Hall–Kier alpha value is -3.73. The molecule has 2 aromatic rings. The first kappa shape index (κ1) is 44.3. The van der Waals surface area contributed by atoms with Crippen molar-refractivity contribution in [3.8, 4) is 0 Å². The van der Waals surface area contributed by atoms with Gasteiger partial charge in [0.15, 0.2) is 0 Å². The van der Waals surface area contributed by atoms with E-state index >= 15 is 0 Å². The van der Waals surface area contributed by atoms with Gasteiger partial charge in [0.2, 0.25) is 17.7 Å². The molecule has 7 N–H and O–H groups in total. The van der Waals surface area contributed by atoms with Gasteiger partial charge < -0.3 is 36.8 Å². The van der Waals surface area contributed by atoms with E-state index in [4.69, 9.17) is 10.2 Å². The molecule has 2 aromatic heterocycles. The van der Waals surface area contributed by atoms with Gasteiger partial charge >= 0.3 is 11.9 Å². The molecule has 278 valence electrons. The number of hydrogen-bond donors (Lipinski definition) is 9. The van der Waals surface area contributed by atoms with E-state index in [1.807, 2.05) is 20.8 Å². The van der Waals surface area contributed by atoms with Gasteiger partial charge in [-0.15, -0.1) is 0 Å². The van der Waals surface area contributed by atoms with Crippen molar-refractivity contribution in [1.29, 1.82) is 0 Å². The molecule has 2 atom stereocenters. The van der Waals surface area contributed by atoms with Crippen LogP contribution in [0.4, 0.5) is 0 Å². The number of carboxylic acid groups (broad SMARTS) is 2. The normalized spacial score (nSPS) is 12.5. The van der Waals surface area contributed by atoms with E-state index in [-0.39, 0.29) is 76.6 Å². The first-order chi connectivity index (χ1) is 23.3. The van der Waals surface area contributed by atoms with Crippen molar-refractivity contribution < 1.29 is 34.2 Å². The number of rotatable bonds is 18. The molecule has 16 heteroatoms. The van der Waals surface area contributed by atoms with Crippen molar-refractivity contribution >= 4 is 54.9 Å². The van der Waals surface area contributed by atoms with Gasteiger partial charge in [0.25, 0.3) is 0 Å². The van der Waals surface area contributed by atoms with Crippen LogP contribution in [0.1, 0.15) is 93.2 Å². The fourth-order valence-electron chi connectivity index (χ4n) is 4.55. The minimum atomic E-state index is -1.05. The lowest BCUT2D eigenvalue weighted by molar-refractivity contribution is -0.123. The van der Waals surface area contributed by atoms with E-state index in [0.29, 0.717) is 37.4 Å². The number of carboxylic acids is 2. The number of pyridine rings is 2. The van der Waals surface area contributed by atoms with E-state index < -0.39 is 11.9 Å². The second-order valence-electron chi connectivity index (χ2n) is 13.8. The van der Waals surface area contributed by atoms with E-state index in [0.717, 1.165) is 6.42 Å². The largest absolute Gasteiger partial charge is 0.477 e. The summed E-state index contributed by atoms with van der Waals surface area (Å²) < 4.78 is 0. The van der Waals surface area contributed by atoms with E-state index in [1.54, 1.807) is 24.3 Å². The number of amides is 3. The van der Waals surface area contributed by atoms with Gasteiger partial charge in [-0.05, 0) is 63.3 Å². The summed E-state index contributed by atoms with van der Waals surface area (Å²) in [6.07, 6.45) is 1.60. The topological polar surface area (TPSA) is 212 Å². The number of hydrogen-bond acceptors (Lipinski definition) is 11. The first-order valence-corrected chi connectivity index (χ1v) is 17.5. The summed E-state index contributed by atoms with van der Waals surface area (Å²) >= 11 is 7.75. The highest BCUT2D eigenvalue weighted by molar-refractivity contribution is 7.81. The Balaban J connectivity index is 0.000000530. The van der Waals surface area contributed by atoms with Crippen molar-refractivity contribution in [2.45, 2.75) is 91.5 Å². The highest BCUT2D eigenvalue weighted by Gasteiger charge is 2.20. The predicted molar refractivity (Wildman–Crippen MR) is 199 cm³/mol. The van der Waals surface area contributed by atoms with Crippen LogP contribution in [-0.2, 0) is 27.5 Å². The van der Waals surface area contributed by atoms with Crippen molar-refractivity contribution in [2.24, 2.45) is 5.41 Å². The Morgan fingerprint density at radius 2 is 1.28 bits per heavy atom. The van der Waals surface area contributed by atoms with Crippen LogP contribution in [0.2, 0.25) is 0 Å². The highest BCUT2D eigenvalue weighted by atomic mass is 32.1. The maximum Gasteiger partial charge on any atom is 0.354 e. The zero-order valence-electron chi connectivity index (χ0n) is 29.7. The SMILES string of the molecule is CC(C)(C)CC(CNCc1cccc(C(=O)O)n1)NCc1cccc(C(=O)O)n1.CC(C)(C)NC(=O)CCC(CNC(=O)CS)NC(=O)CS. The van der Waals surface area contributed by atoms with Crippen LogP contribution >= 0.6 is 25.3 Å². The Morgan fingerprint density at radius 1 is 0.740 bits per heavy atom. The number of aromatic nitrogens is 2. The van der Waals surface area contributed by atoms with Crippen LogP contribution in [0.3, 0.4) is 0 Å². The minimum Gasteiger partial charge on any atom is -0.477 e. The predicted octanol–water partition coefficient (Wildman–Crippen LogP) is 2.70. The summed E-state index contributed by atoms with van der Waals surface area (Å²) in [6, 6.07) is 9.69. The van der Waals surface area contributed by atoms with Gasteiger partial charge in [0, 0.05) is 50.2 Å². The zero-order valence-corrected chi connectivity index (χ0v) is 31.5. The quantitative estimate of drug-likeness (QED) is 0.102. The number of aromatic carboxylic acids is 2. The lowest BCUT2D eigenvalue weighted by Gasteiger charge is -2.27. The Morgan fingerprint density at radius 3 is 1.76 bits per heavy atom. The highest BCUT2D eigenvalue weighted by Crippen LogP contribution is 2.21. The van der Waals surface area contributed by atoms with Crippen molar-refractivity contribution in [2.75, 3.05) is 24.6 Å². The molecule has 2 rings (SSSR count). The summed E-state index contributed by atoms with van der Waals surface area (Å²) in [6.45, 7) is 14.0. The maximum atomic E-state index is 11.8. The molecule has 2 heterocycles. The molecule has 0 saturated heterocycles. The minimum absolute atomic E-state index is 0.0260. The molecule has 50 heavy (non-hydrogen) atoms. The van der Waals surface area contributed by atoms with Gasteiger partial charge in [-0.25, -0.2) is 19.6 Å². The molecule has 0 aliphatic rings. The molecule has 14 nitrogen and oxygen atoms in total. The zero-order chi connectivity index (χ0) is 37.9. The molecular weight excluding hydrogens is 683 g/mol. The summed E-state index contributed by atoms with van der Waals surface area (Å²) in [5.74, 6) is -2.50. The maximum absolute atomic E-state index is 11.8. The molecule has 0 aromatic carbocycles. The Labute approximate surface area is 305 Å². The van der Waals surface area contributed by atoms with E-state index in [2.05, 4.69) is 82.6 Å². The average Bonchev–Trinajstić information content (AvgIpc) is 3.03. The summed E-state index contributed by atoms with van der Waals surface area (Å²) in [7, 11) is 0. The lowest BCUT2D eigenvalue weighted by Crippen LogP contribution is -2.46. The second kappa shape index (κ2) is 22.2. The molecule has 0 aliphatic carbocycles. The summed E-state index contributed by atoms with van der Waals surface area (Å²) in [4.78, 5) is 64.8. The molecule has 0 saturated carbocycles. The van der Waals surface area contributed by atoms with Crippen LogP contribution in [0.15, 0.2) is 36.4 Å². The first-order valence-electron chi connectivity index (χ1n) is 16.2. The monoisotopic (exact) mass is 735 g/mol. The Kier molecular flexibility index (Phi) is 19.6. The second-order valence-corrected chi connectivity index (χ2v) is 14.5. The van der Waals surface area contributed by atoms with E-state index in [9.17, 15) is 24.0 Å². The fraction of sp³-hybridized carbons (Fsp3) is 0.559. The summed E-state index contributed by atoms with van der Waals surface area (Å²) in [5.41, 5.74) is 1.19. The van der Waals surface area contributed by atoms with Gasteiger partial charge in [0.1, 0.15) is 11.4 Å².